The lowest BCUT2D eigenvalue weighted by molar-refractivity contribution is 0.0728. The van der Waals surface area contributed by atoms with Gasteiger partial charge in [0.2, 0.25) is 0 Å². The third kappa shape index (κ3) is 3.46. The van der Waals surface area contributed by atoms with E-state index in [0.717, 1.165) is 30.4 Å². The fourth-order valence-electron chi connectivity index (χ4n) is 1.91. The molecule has 17 heavy (non-hydrogen) atoms. The zero-order valence-corrected chi connectivity index (χ0v) is 13.1. The molecular weight excluding hydrogens is 369 g/mol. The molecule has 1 aromatic rings. The largest absolute Gasteiger partial charge is 0.339 e. The highest BCUT2D eigenvalue weighted by molar-refractivity contribution is 9.10. The van der Waals surface area contributed by atoms with Crippen LogP contribution in [-0.4, -0.2) is 28.7 Å². The molecule has 0 N–H and O–H groups in total. The summed E-state index contributed by atoms with van der Waals surface area (Å²) in [6.45, 7) is 1.61. The van der Waals surface area contributed by atoms with Crippen LogP contribution in [0.4, 0.5) is 0 Å². The molecule has 2 nitrogen and oxygen atoms in total. The number of amides is 1. The number of halogens is 3. The molecular formula is C12H12Br2ClNO. The number of likely N-dealkylation sites (tertiary alicyclic amines) is 1. The van der Waals surface area contributed by atoms with Gasteiger partial charge in [-0.25, -0.2) is 0 Å². The second kappa shape index (κ2) is 5.72. The molecule has 5 heteroatoms. The van der Waals surface area contributed by atoms with Gasteiger partial charge in [-0.15, -0.1) is 0 Å². The van der Waals surface area contributed by atoms with Crippen LogP contribution in [0.15, 0.2) is 22.7 Å². The van der Waals surface area contributed by atoms with Gasteiger partial charge in [0.25, 0.3) is 5.91 Å². The number of hydrogen-bond acceptors (Lipinski definition) is 1. The number of carbonyl (C=O) groups excluding carboxylic acids is 1. The Bertz CT molecular complexity index is 410. The summed E-state index contributed by atoms with van der Waals surface area (Å²) in [6, 6.07) is 5.31. The number of nitrogens with zero attached hydrogens (tertiary/aromatic N) is 1. The fourth-order valence-corrected chi connectivity index (χ4v) is 3.18. The van der Waals surface area contributed by atoms with E-state index in [1.54, 1.807) is 12.1 Å². The van der Waals surface area contributed by atoms with E-state index in [4.69, 9.17) is 11.6 Å². The Labute approximate surface area is 123 Å². The van der Waals surface area contributed by atoms with Crippen LogP contribution in [0.5, 0.6) is 0 Å². The van der Waals surface area contributed by atoms with Gasteiger partial charge in [-0.3, -0.25) is 4.79 Å². The van der Waals surface area contributed by atoms with Gasteiger partial charge in [-0.1, -0.05) is 43.5 Å². The zero-order chi connectivity index (χ0) is 12.4. The number of benzene rings is 1. The van der Waals surface area contributed by atoms with E-state index < -0.39 is 0 Å². The van der Waals surface area contributed by atoms with E-state index in [0.29, 0.717) is 15.4 Å². The average Bonchev–Trinajstić information content (AvgIpc) is 2.28. The first-order valence-electron chi connectivity index (χ1n) is 5.45. The quantitative estimate of drug-likeness (QED) is 0.671. The zero-order valence-electron chi connectivity index (χ0n) is 9.13. The van der Waals surface area contributed by atoms with Crippen LogP contribution in [0.1, 0.15) is 23.2 Å². The summed E-state index contributed by atoms with van der Waals surface area (Å²) in [4.78, 5) is 14.7. The average molecular weight is 381 g/mol. The number of rotatable bonds is 1. The highest BCUT2D eigenvalue weighted by Crippen LogP contribution is 2.23. The second-order valence-corrected chi connectivity index (χ2v) is 6.77. The Balaban J connectivity index is 2.14. The van der Waals surface area contributed by atoms with Gasteiger partial charge in [-0.2, -0.15) is 0 Å². The molecule has 1 amide bonds. The van der Waals surface area contributed by atoms with Crippen molar-refractivity contribution in [2.45, 2.75) is 17.7 Å². The van der Waals surface area contributed by atoms with Crippen LogP contribution in [0.2, 0.25) is 5.02 Å². The molecule has 0 aliphatic carbocycles. The maximum absolute atomic E-state index is 12.2. The van der Waals surface area contributed by atoms with E-state index in [1.807, 2.05) is 11.0 Å². The lowest BCUT2D eigenvalue weighted by atomic mass is 10.1. The molecule has 1 aliphatic rings. The lowest BCUT2D eigenvalue weighted by Gasteiger charge is -2.29. The van der Waals surface area contributed by atoms with Crippen molar-refractivity contribution in [3.63, 3.8) is 0 Å². The molecule has 0 aromatic heterocycles. The first kappa shape index (κ1) is 13.4. The van der Waals surface area contributed by atoms with Crippen LogP contribution in [0.25, 0.3) is 0 Å². The maximum atomic E-state index is 12.2. The van der Waals surface area contributed by atoms with Crippen molar-refractivity contribution in [2.24, 2.45) is 0 Å². The van der Waals surface area contributed by atoms with Crippen molar-refractivity contribution < 1.29 is 4.79 Å². The van der Waals surface area contributed by atoms with Crippen LogP contribution in [-0.2, 0) is 0 Å². The van der Waals surface area contributed by atoms with Crippen molar-refractivity contribution in [3.8, 4) is 0 Å². The molecule has 0 atom stereocenters. The topological polar surface area (TPSA) is 20.3 Å². The van der Waals surface area contributed by atoms with E-state index in [-0.39, 0.29) is 5.91 Å². The smallest absolute Gasteiger partial charge is 0.253 e. The first-order chi connectivity index (χ1) is 8.06. The summed E-state index contributed by atoms with van der Waals surface area (Å²) in [5.74, 6) is 0.0626. The molecule has 0 radical (unpaired) electrons. The van der Waals surface area contributed by atoms with Crippen molar-refractivity contribution in [2.75, 3.05) is 13.1 Å². The number of carbonyl (C=O) groups is 1. The Kier molecular flexibility index (Phi) is 4.50. The molecule has 0 saturated carbocycles. The van der Waals surface area contributed by atoms with Gasteiger partial charge >= 0.3 is 0 Å². The van der Waals surface area contributed by atoms with Gasteiger partial charge in [-0.05, 0) is 31.0 Å². The molecule has 92 valence electrons. The van der Waals surface area contributed by atoms with Crippen molar-refractivity contribution in [1.29, 1.82) is 0 Å². The van der Waals surface area contributed by atoms with Gasteiger partial charge in [0.1, 0.15) is 0 Å². The Morgan fingerprint density at radius 3 is 2.53 bits per heavy atom. The van der Waals surface area contributed by atoms with Gasteiger partial charge < -0.3 is 4.90 Å². The molecule has 1 fully saturated rings. The minimum atomic E-state index is 0.0626. The van der Waals surface area contributed by atoms with Crippen LogP contribution < -0.4 is 0 Å². The minimum Gasteiger partial charge on any atom is -0.339 e. The van der Waals surface area contributed by atoms with Crippen molar-refractivity contribution in [3.05, 3.63) is 33.3 Å². The molecule has 2 rings (SSSR count). The first-order valence-corrected chi connectivity index (χ1v) is 7.54. The Morgan fingerprint density at radius 1 is 1.29 bits per heavy atom. The van der Waals surface area contributed by atoms with Gasteiger partial charge in [0.05, 0.1) is 0 Å². The molecule has 0 unspecified atom stereocenters. The third-order valence-corrected chi connectivity index (χ3v) is 4.41. The standard InChI is InChI=1S/C12H12Br2ClNO/c13-9-1-3-16(4-2-9)12(17)8-5-10(14)7-11(15)6-8/h5-7,9H,1-4H2. The summed E-state index contributed by atoms with van der Waals surface area (Å²) in [5.41, 5.74) is 0.650. The molecule has 1 heterocycles. The van der Waals surface area contributed by atoms with E-state index in [1.165, 1.54) is 0 Å². The highest BCUT2D eigenvalue weighted by atomic mass is 79.9. The summed E-state index contributed by atoms with van der Waals surface area (Å²) in [6.07, 6.45) is 2.01. The monoisotopic (exact) mass is 379 g/mol. The molecule has 0 bridgehead atoms. The second-order valence-electron chi connectivity index (χ2n) is 4.12. The molecule has 0 spiro atoms. The van der Waals surface area contributed by atoms with E-state index in [9.17, 15) is 4.79 Å². The summed E-state index contributed by atoms with van der Waals surface area (Å²) < 4.78 is 0.837. The van der Waals surface area contributed by atoms with Gasteiger partial charge in [0.15, 0.2) is 0 Å². The predicted octanol–water partition coefficient (Wildman–Crippen LogP) is 4.10. The van der Waals surface area contributed by atoms with Crippen molar-refractivity contribution >= 4 is 49.4 Å². The molecule has 1 aromatic carbocycles. The van der Waals surface area contributed by atoms with E-state index >= 15 is 0 Å². The van der Waals surface area contributed by atoms with Crippen LogP contribution in [0.3, 0.4) is 0 Å². The predicted molar refractivity (Wildman–Crippen MR) is 77.0 cm³/mol. The highest BCUT2D eigenvalue weighted by Gasteiger charge is 2.22. The van der Waals surface area contributed by atoms with Crippen LogP contribution >= 0.6 is 43.5 Å². The molecule has 1 saturated heterocycles. The SMILES string of the molecule is O=C(c1cc(Cl)cc(Br)c1)N1CCC(Br)CC1. The van der Waals surface area contributed by atoms with Crippen LogP contribution in [0, 0.1) is 0 Å². The number of piperidine rings is 1. The summed E-state index contributed by atoms with van der Waals surface area (Å²) >= 11 is 12.9. The number of alkyl halides is 1. The third-order valence-electron chi connectivity index (χ3n) is 2.82. The lowest BCUT2D eigenvalue weighted by Crippen LogP contribution is -2.38. The number of hydrogen-bond donors (Lipinski definition) is 0. The summed E-state index contributed by atoms with van der Waals surface area (Å²) in [5, 5.41) is 0.582. The van der Waals surface area contributed by atoms with E-state index in [2.05, 4.69) is 31.9 Å². The Morgan fingerprint density at radius 2 is 1.94 bits per heavy atom. The minimum absolute atomic E-state index is 0.0626. The summed E-state index contributed by atoms with van der Waals surface area (Å²) in [7, 11) is 0. The maximum Gasteiger partial charge on any atom is 0.253 e. The fraction of sp³-hybridized carbons (Fsp3) is 0.417. The Hall–Kier alpha value is -0.0600. The van der Waals surface area contributed by atoms with Crippen molar-refractivity contribution in [1.82, 2.24) is 4.90 Å². The molecule has 1 aliphatic heterocycles. The normalized spacial score (nSPS) is 17.2. The van der Waals surface area contributed by atoms with Gasteiger partial charge in [0, 0.05) is 33.0 Å².